The SMILES string of the molecule is C[N]CCN1C=COC1. The summed E-state index contributed by atoms with van der Waals surface area (Å²) in [7, 11) is 1.82. The molecule has 0 saturated heterocycles. The van der Waals surface area contributed by atoms with Gasteiger partial charge < -0.3 is 9.64 Å². The van der Waals surface area contributed by atoms with E-state index in [1.54, 1.807) is 6.26 Å². The van der Waals surface area contributed by atoms with Crippen LogP contribution in [0.15, 0.2) is 12.5 Å². The fourth-order valence-electron chi connectivity index (χ4n) is 0.678. The molecule has 9 heavy (non-hydrogen) atoms. The first-order valence-corrected chi connectivity index (χ1v) is 3.01. The van der Waals surface area contributed by atoms with Crippen LogP contribution in [0.25, 0.3) is 0 Å². The summed E-state index contributed by atoms with van der Waals surface area (Å²) in [6.45, 7) is 2.54. The van der Waals surface area contributed by atoms with Crippen LogP contribution in [0.2, 0.25) is 0 Å². The zero-order chi connectivity index (χ0) is 6.53. The zero-order valence-electron chi connectivity index (χ0n) is 5.58. The standard InChI is InChI=1S/C6H11N2O/c1-7-2-3-8-4-5-9-6-8/h4-5H,2-3,6H2,1H3. The lowest BCUT2D eigenvalue weighted by atomic mass is 10.6. The van der Waals surface area contributed by atoms with Gasteiger partial charge in [-0.2, -0.15) is 0 Å². The third-order valence-corrected chi connectivity index (χ3v) is 1.22. The molecule has 0 saturated carbocycles. The monoisotopic (exact) mass is 127 g/mol. The van der Waals surface area contributed by atoms with Gasteiger partial charge in [-0.1, -0.05) is 0 Å². The van der Waals surface area contributed by atoms with E-state index in [1.807, 2.05) is 13.2 Å². The van der Waals surface area contributed by atoms with Crippen molar-refractivity contribution in [3.05, 3.63) is 12.5 Å². The third-order valence-electron chi connectivity index (χ3n) is 1.22. The molecule has 1 radical (unpaired) electrons. The second-order valence-corrected chi connectivity index (χ2v) is 1.93. The van der Waals surface area contributed by atoms with Gasteiger partial charge in [0.25, 0.3) is 0 Å². The molecule has 0 bridgehead atoms. The van der Waals surface area contributed by atoms with E-state index in [9.17, 15) is 0 Å². The Bertz CT molecular complexity index is 103. The van der Waals surface area contributed by atoms with Crippen LogP contribution in [0, 0.1) is 0 Å². The van der Waals surface area contributed by atoms with Gasteiger partial charge in [0.2, 0.25) is 0 Å². The van der Waals surface area contributed by atoms with Gasteiger partial charge in [0, 0.05) is 26.3 Å². The average molecular weight is 127 g/mol. The maximum absolute atomic E-state index is 4.96. The first kappa shape index (κ1) is 6.42. The van der Waals surface area contributed by atoms with Crippen molar-refractivity contribution in [2.24, 2.45) is 0 Å². The molecule has 0 unspecified atom stereocenters. The van der Waals surface area contributed by atoms with Crippen LogP contribution in [0.3, 0.4) is 0 Å². The Morgan fingerprint density at radius 2 is 2.67 bits per heavy atom. The Morgan fingerprint density at radius 1 is 1.78 bits per heavy atom. The minimum Gasteiger partial charge on any atom is -0.479 e. The number of ether oxygens (including phenoxy) is 1. The maximum Gasteiger partial charge on any atom is 0.160 e. The van der Waals surface area contributed by atoms with Crippen molar-refractivity contribution in [2.45, 2.75) is 0 Å². The minimum absolute atomic E-state index is 0.690. The van der Waals surface area contributed by atoms with E-state index < -0.39 is 0 Å². The van der Waals surface area contributed by atoms with E-state index in [-0.39, 0.29) is 0 Å². The minimum atomic E-state index is 0.690. The van der Waals surface area contributed by atoms with Gasteiger partial charge in [-0.15, -0.1) is 0 Å². The Balaban J connectivity index is 2.05. The molecule has 1 aliphatic rings. The van der Waals surface area contributed by atoms with E-state index >= 15 is 0 Å². The molecule has 3 heteroatoms. The second-order valence-electron chi connectivity index (χ2n) is 1.93. The normalized spacial score (nSPS) is 16.3. The Kier molecular flexibility index (Phi) is 2.39. The number of hydrogen-bond donors (Lipinski definition) is 0. The molecule has 1 heterocycles. The van der Waals surface area contributed by atoms with Gasteiger partial charge in [0.1, 0.15) is 6.26 Å². The summed E-state index contributed by atoms with van der Waals surface area (Å²) >= 11 is 0. The molecule has 0 aromatic heterocycles. The lowest BCUT2D eigenvalue weighted by Crippen LogP contribution is -2.22. The van der Waals surface area contributed by atoms with Crippen molar-refractivity contribution in [2.75, 3.05) is 26.9 Å². The molecule has 0 amide bonds. The first-order valence-electron chi connectivity index (χ1n) is 3.01. The highest BCUT2D eigenvalue weighted by molar-refractivity contribution is 4.79. The van der Waals surface area contributed by atoms with E-state index in [2.05, 4.69) is 10.2 Å². The summed E-state index contributed by atoms with van der Waals surface area (Å²) in [6.07, 6.45) is 3.64. The highest BCUT2D eigenvalue weighted by Gasteiger charge is 2.01. The van der Waals surface area contributed by atoms with Gasteiger partial charge in [0.15, 0.2) is 6.73 Å². The van der Waals surface area contributed by atoms with E-state index in [4.69, 9.17) is 4.74 Å². The fraction of sp³-hybridized carbons (Fsp3) is 0.667. The molecule has 51 valence electrons. The van der Waals surface area contributed by atoms with Gasteiger partial charge >= 0.3 is 0 Å². The van der Waals surface area contributed by atoms with Crippen molar-refractivity contribution >= 4 is 0 Å². The number of hydrogen-bond acceptors (Lipinski definition) is 2. The van der Waals surface area contributed by atoms with Crippen LogP contribution in [0.4, 0.5) is 0 Å². The van der Waals surface area contributed by atoms with Crippen LogP contribution in [-0.4, -0.2) is 31.8 Å². The number of likely N-dealkylation sites (N-methyl/N-ethyl adjacent to an activating group) is 1. The van der Waals surface area contributed by atoms with Gasteiger partial charge in [0.05, 0.1) is 0 Å². The van der Waals surface area contributed by atoms with Crippen LogP contribution in [0.1, 0.15) is 0 Å². The van der Waals surface area contributed by atoms with Crippen LogP contribution in [0.5, 0.6) is 0 Å². The predicted octanol–water partition coefficient (Wildman–Crippen LogP) is -0.0185. The predicted molar refractivity (Wildman–Crippen MR) is 34.7 cm³/mol. The molecule has 1 aliphatic heterocycles. The smallest absolute Gasteiger partial charge is 0.160 e. The first-order chi connectivity index (χ1) is 4.43. The van der Waals surface area contributed by atoms with Gasteiger partial charge in [-0.3, -0.25) is 0 Å². The number of rotatable bonds is 3. The summed E-state index contributed by atoms with van der Waals surface area (Å²) in [6, 6.07) is 0. The molecule has 0 N–H and O–H groups in total. The molecule has 0 fully saturated rings. The Labute approximate surface area is 55.3 Å². The summed E-state index contributed by atoms with van der Waals surface area (Å²) in [5.41, 5.74) is 0. The molecule has 0 aromatic carbocycles. The molecule has 0 aromatic rings. The molecular formula is C6H11N2O. The van der Waals surface area contributed by atoms with Crippen molar-refractivity contribution < 1.29 is 4.74 Å². The molecule has 0 atom stereocenters. The molecular weight excluding hydrogens is 116 g/mol. The zero-order valence-corrected chi connectivity index (χ0v) is 5.58. The average Bonchev–Trinajstić information content (AvgIpc) is 2.34. The quantitative estimate of drug-likeness (QED) is 0.532. The van der Waals surface area contributed by atoms with Gasteiger partial charge in [-0.05, 0) is 0 Å². The van der Waals surface area contributed by atoms with Crippen molar-refractivity contribution in [3.63, 3.8) is 0 Å². The summed E-state index contributed by atoms with van der Waals surface area (Å²) < 4.78 is 4.96. The van der Waals surface area contributed by atoms with Crippen molar-refractivity contribution in [1.29, 1.82) is 0 Å². The van der Waals surface area contributed by atoms with Gasteiger partial charge in [-0.25, -0.2) is 5.32 Å². The maximum atomic E-state index is 4.96. The Morgan fingerprint density at radius 3 is 3.22 bits per heavy atom. The van der Waals surface area contributed by atoms with Crippen molar-refractivity contribution in [3.8, 4) is 0 Å². The highest BCUT2D eigenvalue weighted by atomic mass is 16.5. The lowest BCUT2D eigenvalue weighted by molar-refractivity contribution is 0.172. The third kappa shape index (κ3) is 1.93. The van der Waals surface area contributed by atoms with E-state index in [1.165, 1.54) is 0 Å². The molecule has 0 aliphatic carbocycles. The molecule has 0 spiro atoms. The van der Waals surface area contributed by atoms with Crippen LogP contribution >= 0.6 is 0 Å². The topological polar surface area (TPSA) is 26.6 Å². The summed E-state index contributed by atoms with van der Waals surface area (Å²) in [4.78, 5) is 2.08. The summed E-state index contributed by atoms with van der Waals surface area (Å²) in [5.74, 6) is 0. The van der Waals surface area contributed by atoms with Crippen molar-refractivity contribution in [1.82, 2.24) is 10.2 Å². The molecule has 3 nitrogen and oxygen atoms in total. The van der Waals surface area contributed by atoms with Crippen LogP contribution in [-0.2, 0) is 4.74 Å². The fourth-order valence-corrected chi connectivity index (χ4v) is 0.678. The largest absolute Gasteiger partial charge is 0.479 e. The summed E-state index contributed by atoms with van der Waals surface area (Å²) in [5, 5.41) is 3.97. The second kappa shape index (κ2) is 3.35. The Hall–Kier alpha value is -0.700. The number of nitrogens with zero attached hydrogens (tertiary/aromatic N) is 2. The lowest BCUT2D eigenvalue weighted by Gasteiger charge is -2.11. The molecule has 1 rings (SSSR count). The van der Waals surface area contributed by atoms with E-state index in [0.29, 0.717) is 6.73 Å². The highest BCUT2D eigenvalue weighted by Crippen LogP contribution is 1.97. The van der Waals surface area contributed by atoms with E-state index in [0.717, 1.165) is 13.1 Å². The van der Waals surface area contributed by atoms with Crippen LogP contribution < -0.4 is 5.32 Å².